The minimum atomic E-state index is -3.57. The fraction of sp³-hybridized carbons (Fsp3) is 0.414. The number of amides is 1. The number of benzene rings is 2. The first-order valence-corrected chi connectivity index (χ1v) is 15.6. The number of rotatable bonds is 13. The van der Waals surface area contributed by atoms with Gasteiger partial charge in [0.05, 0.1) is 20.3 Å². The molecule has 2 N–H and O–H groups in total. The molecule has 0 spiro atoms. The number of carbonyl (C=O) groups excluding carboxylic acids is 1. The number of thiophene rings is 1. The third kappa shape index (κ3) is 8.04. The smallest absolute Gasteiger partial charge is 0.252 e. The third-order valence-electron chi connectivity index (χ3n) is 6.73. The van der Waals surface area contributed by atoms with Crippen molar-refractivity contribution >= 4 is 27.3 Å². The second kappa shape index (κ2) is 13.9. The van der Waals surface area contributed by atoms with Gasteiger partial charge in [0.15, 0.2) is 0 Å². The summed E-state index contributed by atoms with van der Waals surface area (Å²) in [5.74, 6) is 1.26. The summed E-state index contributed by atoms with van der Waals surface area (Å²) in [5.41, 5.74) is 1.67. The van der Waals surface area contributed by atoms with Crippen molar-refractivity contribution in [2.45, 2.75) is 55.9 Å². The van der Waals surface area contributed by atoms with Crippen LogP contribution in [-0.2, 0) is 23.1 Å². The monoisotopic (exact) mass is 571 g/mol. The Bertz CT molecular complexity index is 1320. The first-order chi connectivity index (χ1) is 18.9. The molecule has 3 aromatic rings. The summed E-state index contributed by atoms with van der Waals surface area (Å²) in [5, 5.41) is 6.42. The molecule has 39 heavy (non-hydrogen) atoms. The van der Waals surface area contributed by atoms with Crippen LogP contribution >= 0.6 is 11.3 Å². The number of ether oxygens (including phenoxy) is 2. The minimum Gasteiger partial charge on any atom is -0.497 e. The van der Waals surface area contributed by atoms with Gasteiger partial charge in [-0.2, -0.15) is 4.31 Å². The van der Waals surface area contributed by atoms with Crippen molar-refractivity contribution < 1.29 is 22.7 Å². The van der Waals surface area contributed by atoms with Crippen LogP contribution in [0.3, 0.4) is 0 Å². The van der Waals surface area contributed by atoms with E-state index in [0.29, 0.717) is 28.6 Å². The molecule has 2 aromatic carbocycles. The van der Waals surface area contributed by atoms with Gasteiger partial charge in [-0.05, 0) is 67.3 Å². The summed E-state index contributed by atoms with van der Waals surface area (Å²) in [6.45, 7) is 4.83. The van der Waals surface area contributed by atoms with Gasteiger partial charge in [-0.15, -0.1) is 11.3 Å². The van der Waals surface area contributed by atoms with Crippen molar-refractivity contribution in [2.24, 2.45) is 0 Å². The number of nitrogens with one attached hydrogen (secondary N) is 2. The zero-order valence-corrected chi connectivity index (χ0v) is 24.2. The Hall–Kier alpha value is -2.92. The van der Waals surface area contributed by atoms with Crippen LogP contribution in [0.4, 0.5) is 0 Å². The van der Waals surface area contributed by atoms with E-state index in [1.807, 2.05) is 12.1 Å². The SMILES string of the molecule is CCCCOc1ccc(CNC2CCN(S(=O)(=O)c3ccc(CNC(=O)c4cccc(OC)c4)s3)CC2)cc1. The Kier molecular flexibility index (Phi) is 10.4. The average Bonchev–Trinajstić information content (AvgIpc) is 3.46. The molecule has 210 valence electrons. The molecular weight excluding hydrogens is 534 g/mol. The van der Waals surface area contributed by atoms with E-state index in [1.165, 1.54) is 16.9 Å². The van der Waals surface area contributed by atoms with Crippen molar-refractivity contribution in [3.05, 3.63) is 76.7 Å². The van der Waals surface area contributed by atoms with Crippen molar-refractivity contribution in [2.75, 3.05) is 26.8 Å². The Morgan fingerprint density at radius 2 is 1.79 bits per heavy atom. The van der Waals surface area contributed by atoms with Crippen LogP contribution in [0.25, 0.3) is 0 Å². The molecule has 10 heteroatoms. The van der Waals surface area contributed by atoms with Crippen molar-refractivity contribution in [1.29, 1.82) is 0 Å². The molecule has 0 atom stereocenters. The molecule has 2 heterocycles. The summed E-state index contributed by atoms with van der Waals surface area (Å²) in [6, 6.07) is 18.7. The van der Waals surface area contributed by atoms with Crippen molar-refractivity contribution in [3.63, 3.8) is 0 Å². The summed E-state index contributed by atoms with van der Waals surface area (Å²) in [7, 11) is -2.01. The molecule has 4 rings (SSSR count). The average molecular weight is 572 g/mol. The highest BCUT2D eigenvalue weighted by Gasteiger charge is 2.30. The lowest BCUT2D eigenvalue weighted by atomic mass is 10.1. The van der Waals surface area contributed by atoms with Gasteiger partial charge in [0, 0.05) is 36.1 Å². The molecule has 0 bridgehead atoms. The summed E-state index contributed by atoms with van der Waals surface area (Å²) in [4.78, 5) is 13.3. The highest BCUT2D eigenvalue weighted by Crippen LogP contribution is 2.27. The van der Waals surface area contributed by atoms with E-state index in [0.717, 1.165) is 49.5 Å². The highest BCUT2D eigenvalue weighted by molar-refractivity contribution is 7.91. The van der Waals surface area contributed by atoms with E-state index in [1.54, 1.807) is 47.8 Å². The van der Waals surface area contributed by atoms with E-state index in [-0.39, 0.29) is 18.5 Å². The molecule has 1 aliphatic rings. The van der Waals surface area contributed by atoms with Gasteiger partial charge in [-0.1, -0.05) is 31.5 Å². The van der Waals surface area contributed by atoms with Crippen LogP contribution in [0.15, 0.2) is 64.9 Å². The fourth-order valence-corrected chi connectivity index (χ4v) is 7.27. The number of methoxy groups -OCH3 is 1. The van der Waals surface area contributed by atoms with E-state index in [2.05, 4.69) is 29.7 Å². The number of sulfonamides is 1. The second-order valence-electron chi connectivity index (χ2n) is 9.54. The first kappa shape index (κ1) is 29.1. The predicted molar refractivity (Wildman–Crippen MR) is 154 cm³/mol. The van der Waals surface area contributed by atoms with E-state index < -0.39 is 10.0 Å². The highest BCUT2D eigenvalue weighted by atomic mass is 32.2. The van der Waals surface area contributed by atoms with Gasteiger partial charge in [-0.3, -0.25) is 4.79 Å². The Labute approximate surface area is 235 Å². The summed E-state index contributed by atoms with van der Waals surface area (Å²) in [6.07, 6.45) is 3.68. The molecule has 1 fully saturated rings. The Morgan fingerprint density at radius 3 is 2.51 bits per heavy atom. The van der Waals surface area contributed by atoms with Gasteiger partial charge in [0.2, 0.25) is 0 Å². The fourth-order valence-electron chi connectivity index (χ4n) is 4.35. The quantitative estimate of drug-likeness (QED) is 0.286. The Balaban J connectivity index is 1.23. The van der Waals surface area contributed by atoms with E-state index in [9.17, 15) is 13.2 Å². The summed E-state index contributed by atoms with van der Waals surface area (Å²) >= 11 is 1.20. The van der Waals surface area contributed by atoms with Gasteiger partial charge >= 0.3 is 0 Å². The lowest BCUT2D eigenvalue weighted by Crippen LogP contribution is -2.44. The standard InChI is InChI=1S/C29H37N3O5S2/c1-3-4-18-37-25-10-8-22(9-11-25)20-30-24-14-16-32(17-15-24)39(34,35)28-13-12-27(38-28)21-31-29(33)23-6-5-7-26(19-23)36-2/h5-13,19,24,30H,3-4,14-18,20-21H2,1-2H3,(H,31,33). The largest absolute Gasteiger partial charge is 0.497 e. The molecule has 1 saturated heterocycles. The van der Waals surface area contributed by atoms with Gasteiger partial charge in [0.1, 0.15) is 15.7 Å². The first-order valence-electron chi connectivity index (χ1n) is 13.3. The molecule has 1 aliphatic heterocycles. The van der Waals surface area contributed by atoms with E-state index >= 15 is 0 Å². The maximum absolute atomic E-state index is 13.2. The lowest BCUT2D eigenvalue weighted by Gasteiger charge is -2.31. The predicted octanol–water partition coefficient (Wildman–Crippen LogP) is 4.81. The van der Waals surface area contributed by atoms with Gasteiger partial charge < -0.3 is 20.1 Å². The normalized spacial score (nSPS) is 14.7. The van der Waals surface area contributed by atoms with Crippen LogP contribution in [-0.4, -0.2) is 51.5 Å². The molecule has 0 unspecified atom stereocenters. The minimum absolute atomic E-state index is 0.238. The number of hydrogen-bond acceptors (Lipinski definition) is 7. The Morgan fingerprint density at radius 1 is 1.03 bits per heavy atom. The zero-order valence-electron chi connectivity index (χ0n) is 22.5. The van der Waals surface area contributed by atoms with Crippen LogP contribution in [0, 0.1) is 0 Å². The van der Waals surface area contributed by atoms with Crippen LogP contribution < -0.4 is 20.1 Å². The molecule has 0 saturated carbocycles. The van der Waals surface area contributed by atoms with Crippen molar-refractivity contribution in [1.82, 2.24) is 14.9 Å². The number of unbranched alkanes of at least 4 members (excludes halogenated alkanes) is 1. The third-order valence-corrected chi connectivity index (χ3v) is 10.2. The van der Waals surface area contributed by atoms with Crippen molar-refractivity contribution in [3.8, 4) is 11.5 Å². The summed E-state index contributed by atoms with van der Waals surface area (Å²) < 4.78 is 39.3. The molecular formula is C29H37N3O5S2. The van der Waals surface area contributed by atoms with Gasteiger partial charge in [0.25, 0.3) is 15.9 Å². The zero-order chi connectivity index (χ0) is 27.7. The molecule has 0 aliphatic carbocycles. The molecule has 1 aromatic heterocycles. The molecule has 8 nitrogen and oxygen atoms in total. The maximum atomic E-state index is 13.2. The maximum Gasteiger partial charge on any atom is 0.252 e. The number of hydrogen-bond donors (Lipinski definition) is 2. The number of nitrogens with zero attached hydrogens (tertiary/aromatic N) is 1. The molecule has 0 radical (unpaired) electrons. The number of carbonyl (C=O) groups is 1. The lowest BCUT2D eigenvalue weighted by molar-refractivity contribution is 0.0951. The molecule has 1 amide bonds. The van der Waals surface area contributed by atoms with Crippen LogP contribution in [0.2, 0.25) is 0 Å². The second-order valence-corrected chi connectivity index (χ2v) is 12.9. The van der Waals surface area contributed by atoms with E-state index in [4.69, 9.17) is 9.47 Å². The number of piperidine rings is 1. The topological polar surface area (TPSA) is 97.0 Å². The van der Waals surface area contributed by atoms with Gasteiger partial charge in [-0.25, -0.2) is 8.42 Å². The van der Waals surface area contributed by atoms with Crippen LogP contribution in [0.1, 0.15) is 53.4 Å². The van der Waals surface area contributed by atoms with Crippen LogP contribution in [0.5, 0.6) is 11.5 Å².